The van der Waals surface area contributed by atoms with Crippen molar-refractivity contribution in [2.45, 2.75) is 162 Å². The first-order chi connectivity index (χ1) is 15.1. The molecule has 1 unspecified atom stereocenters. The van der Waals surface area contributed by atoms with Gasteiger partial charge in [-0.2, -0.15) is 0 Å². The number of hydrogen-bond donors (Lipinski definition) is 0. The van der Waals surface area contributed by atoms with Crippen molar-refractivity contribution in [2.24, 2.45) is 5.92 Å². The highest BCUT2D eigenvalue weighted by molar-refractivity contribution is 5.69. The van der Waals surface area contributed by atoms with Gasteiger partial charge in [-0.3, -0.25) is 4.79 Å². The van der Waals surface area contributed by atoms with Crippen molar-refractivity contribution in [3.8, 4) is 0 Å². The van der Waals surface area contributed by atoms with Gasteiger partial charge in [-0.1, -0.05) is 123 Å². The fourth-order valence-corrected chi connectivity index (χ4v) is 3.80. The number of hydrogen-bond acceptors (Lipinski definition) is 2. The fourth-order valence-electron chi connectivity index (χ4n) is 3.80. The van der Waals surface area contributed by atoms with Crippen molar-refractivity contribution in [3.05, 3.63) is 12.2 Å². The van der Waals surface area contributed by atoms with E-state index in [1.165, 1.54) is 109 Å². The van der Waals surface area contributed by atoms with E-state index in [0.29, 0.717) is 12.3 Å². The van der Waals surface area contributed by atoms with Crippen LogP contribution in [0.25, 0.3) is 0 Å². The highest BCUT2D eigenvalue weighted by Gasteiger charge is 2.12. The summed E-state index contributed by atoms with van der Waals surface area (Å²) in [5.41, 5.74) is 0. The molecule has 0 aromatic carbocycles. The molecule has 1 atom stereocenters. The molecule has 0 fully saturated rings. The van der Waals surface area contributed by atoms with Crippen LogP contribution in [0.15, 0.2) is 12.2 Å². The van der Waals surface area contributed by atoms with Gasteiger partial charge in [-0.25, -0.2) is 0 Å². The van der Waals surface area contributed by atoms with Crippen molar-refractivity contribution >= 4 is 5.97 Å². The van der Waals surface area contributed by atoms with E-state index in [1.54, 1.807) is 0 Å². The van der Waals surface area contributed by atoms with E-state index in [0.717, 1.165) is 12.8 Å². The van der Waals surface area contributed by atoms with Crippen molar-refractivity contribution in [1.82, 2.24) is 0 Å². The molecule has 0 aromatic rings. The maximum absolute atomic E-state index is 11.7. The van der Waals surface area contributed by atoms with Crippen molar-refractivity contribution in [3.63, 3.8) is 0 Å². The number of carbonyl (C=O) groups excluding carboxylic acids is 1. The molecule has 0 aliphatic carbocycles. The quantitative estimate of drug-likeness (QED) is 0.0904. The van der Waals surface area contributed by atoms with E-state index in [2.05, 4.69) is 32.9 Å². The minimum Gasteiger partial charge on any atom is -0.462 e. The SMILES string of the molecule is CCCCCCCC/C=C/CCCCCCCCCCCCCC(=O)OC(C)C(C)C. The Labute approximate surface area is 196 Å². The molecular formula is C29H56O2. The van der Waals surface area contributed by atoms with Crippen LogP contribution in [0, 0.1) is 5.92 Å². The standard InChI is InChI=1S/C29H56O2/c1-5-6-7-8-9-10-11-12-13-14-15-16-17-18-19-20-21-22-23-24-25-26-29(30)31-28(4)27(2)3/h12-13,27-28H,5-11,14-26H2,1-4H3/b13-12+. The lowest BCUT2D eigenvalue weighted by atomic mass is 10.0. The van der Waals surface area contributed by atoms with E-state index in [-0.39, 0.29) is 12.1 Å². The Morgan fingerprint density at radius 2 is 1.00 bits per heavy atom. The topological polar surface area (TPSA) is 26.3 Å². The highest BCUT2D eigenvalue weighted by Crippen LogP contribution is 2.14. The smallest absolute Gasteiger partial charge is 0.306 e. The van der Waals surface area contributed by atoms with E-state index in [1.807, 2.05) is 6.92 Å². The monoisotopic (exact) mass is 436 g/mol. The Bertz CT molecular complexity index is 400. The van der Waals surface area contributed by atoms with Crippen LogP contribution in [0.4, 0.5) is 0 Å². The molecule has 31 heavy (non-hydrogen) atoms. The Kier molecular flexibility index (Phi) is 23.3. The maximum atomic E-state index is 11.7. The molecule has 0 saturated carbocycles. The van der Waals surface area contributed by atoms with Crippen LogP contribution in [-0.4, -0.2) is 12.1 Å². The van der Waals surface area contributed by atoms with Gasteiger partial charge >= 0.3 is 5.97 Å². The van der Waals surface area contributed by atoms with Gasteiger partial charge in [0.15, 0.2) is 0 Å². The molecule has 2 nitrogen and oxygen atoms in total. The summed E-state index contributed by atoms with van der Waals surface area (Å²) in [7, 11) is 0. The van der Waals surface area contributed by atoms with E-state index in [9.17, 15) is 4.79 Å². The van der Waals surface area contributed by atoms with E-state index < -0.39 is 0 Å². The minimum absolute atomic E-state index is 0.0190. The Morgan fingerprint density at radius 3 is 1.42 bits per heavy atom. The minimum atomic E-state index is -0.0190. The van der Waals surface area contributed by atoms with E-state index >= 15 is 0 Å². The zero-order valence-corrected chi connectivity index (χ0v) is 21.8. The van der Waals surface area contributed by atoms with Gasteiger partial charge in [0.05, 0.1) is 0 Å². The molecule has 0 spiro atoms. The average molecular weight is 437 g/mol. The number of carbonyl (C=O) groups is 1. The molecule has 0 aliphatic rings. The zero-order chi connectivity index (χ0) is 23.0. The Hall–Kier alpha value is -0.790. The third-order valence-electron chi connectivity index (χ3n) is 6.40. The van der Waals surface area contributed by atoms with E-state index in [4.69, 9.17) is 4.74 Å². The highest BCUT2D eigenvalue weighted by atomic mass is 16.5. The summed E-state index contributed by atoms with van der Waals surface area (Å²) >= 11 is 0. The Balaban J connectivity index is 3.20. The molecule has 0 rings (SSSR count). The predicted octanol–water partition coefficient (Wildman–Crippen LogP) is 9.95. The summed E-state index contributed by atoms with van der Waals surface area (Å²) in [5.74, 6) is 0.384. The summed E-state index contributed by atoms with van der Waals surface area (Å²) in [5, 5.41) is 0. The molecule has 0 N–H and O–H groups in total. The number of rotatable bonds is 23. The van der Waals surface area contributed by atoms with Crippen LogP contribution in [-0.2, 0) is 9.53 Å². The molecule has 0 saturated heterocycles. The molecule has 0 heterocycles. The molecule has 0 aliphatic heterocycles. The van der Waals surface area contributed by atoms with Gasteiger partial charge in [-0.05, 0) is 44.9 Å². The van der Waals surface area contributed by atoms with Crippen LogP contribution in [0.1, 0.15) is 156 Å². The summed E-state index contributed by atoms with van der Waals surface area (Å²) in [6, 6.07) is 0. The molecule has 184 valence electrons. The van der Waals surface area contributed by atoms with Gasteiger partial charge in [0.2, 0.25) is 0 Å². The van der Waals surface area contributed by atoms with Crippen LogP contribution in [0.2, 0.25) is 0 Å². The molecule has 0 aromatic heterocycles. The van der Waals surface area contributed by atoms with Gasteiger partial charge < -0.3 is 4.74 Å². The lowest BCUT2D eigenvalue weighted by Gasteiger charge is -2.16. The Morgan fingerprint density at radius 1 is 0.613 bits per heavy atom. The van der Waals surface area contributed by atoms with Gasteiger partial charge in [0, 0.05) is 6.42 Å². The molecular weight excluding hydrogens is 380 g/mol. The number of allylic oxidation sites excluding steroid dienone is 2. The first-order valence-corrected chi connectivity index (χ1v) is 13.9. The number of esters is 1. The van der Waals surface area contributed by atoms with Crippen molar-refractivity contribution in [2.75, 3.05) is 0 Å². The summed E-state index contributed by atoms with van der Waals surface area (Å²) in [6.07, 6.45) is 30.9. The zero-order valence-electron chi connectivity index (χ0n) is 21.8. The second kappa shape index (κ2) is 23.9. The molecule has 0 radical (unpaired) electrons. The molecule has 2 heteroatoms. The number of ether oxygens (including phenoxy) is 1. The van der Waals surface area contributed by atoms with Crippen molar-refractivity contribution in [1.29, 1.82) is 0 Å². The maximum Gasteiger partial charge on any atom is 0.306 e. The van der Waals surface area contributed by atoms with Gasteiger partial charge in [0.25, 0.3) is 0 Å². The van der Waals surface area contributed by atoms with Crippen LogP contribution >= 0.6 is 0 Å². The first-order valence-electron chi connectivity index (χ1n) is 13.9. The molecule has 0 amide bonds. The predicted molar refractivity (Wildman–Crippen MR) is 138 cm³/mol. The largest absolute Gasteiger partial charge is 0.462 e. The van der Waals surface area contributed by atoms with Gasteiger partial charge in [0.1, 0.15) is 6.10 Å². The number of unbranched alkanes of at least 4 members (excludes halogenated alkanes) is 17. The van der Waals surface area contributed by atoms with Crippen LogP contribution in [0.3, 0.4) is 0 Å². The van der Waals surface area contributed by atoms with Crippen LogP contribution < -0.4 is 0 Å². The fraction of sp³-hybridized carbons (Fsp3) is 0.897. The summed E-state index contributed by atoms with van der Waals surface area (Å²) in [6.45, 7) is 8.45. The first kappa shape index (κ1) is 30.2. The van der Waals surface area contributed by atoms with Crippen LogP contribution in [0.5, 0.6) is 0 Å². The normalized spacial score (nSPS) is 12.7. The second-order valence-electron chi connectivity index (χ2n) is 9.89. The molecule has 0 bridgehead atoms. The second-order valence-corrected chi connectivity index (χ2v) is 9.89. The average Bonchev–Trinajstić information content (AvgIpc) is 2.74. The third-order valence-corrected chi connectivity index (χ3v) is 6.40. The van der Waals surface area contributed by atoms with Gasteiger partial charge in [-0.15, -0.1) is 0 Å². The lowest BCUT2D eigenvalue weighted by Crippen LogP contribution is -2.19. The lowest BCUT2D eigenvalue weighted by molar-refractivity contribution is -0.150. The summed E-state index contributed by atoms with van der Waals surface area (Å²) in [4.78, 5) is 11.7. The van der Waals surface area contributed by atoms with Crippen molar-refractivity contribution < 1.29 is 9.53 Å². The third kappa shape index (κ3) is 23.7. The summed E-state index contributed by atoms with van der Waals surface area (Å²) < 4.78 is 5.41.